The predicted molar refractivity (Wildman–Crippen MR) is 81.5 cm³/mol. The van der Waals surface area contributed by atoms with Crippen molar-refractivity contribution in [2.75, 3.05) is 6.61 Å². The molecule has 0 amide bonds. The molecule has 0 aliphatic heterocycles. The Hall–Kier alpha value is -1.52. The number of carbonyl (C=O) groups excluding carboxylic acids is 1. The molecule has 0 fully saturated rings. The maximum Gasteiger partial charge on any atom is 0.349 e. The summed E-state index contributed by atoms with van der Waals surface area (Å²) >= 11 is 9.14. The number of carbonyl (C=O) groups is 1. The third kappa shape index (κ3) is 4.25. The molecule has 0 bridgehead atoms. The summed E-state index contributed by atoms with van der Waals surface area (Å²) in [5.74, 6) is 0.585. The first-order valence-electron chi connectivity index (χ1n) is 5.90. The molecule has 2 aromatic carbocycles. The van der Waals surface area contributed by atoms with Crippen molar-refractivity contribution in [1.82, 2.24) is 0 Å². The molecular formula is C15H12BrClO3. The maximum absolute atomic E-state index is 11.7. The standard InChI is InChI=1S/C15H12BrClO3/c1-10-3-2-4-12(7-10)20-15(18)9-19-14-6-5-11(17)8-13(14)16/h2-8H,9H2,1H3. The third-order valence-electron chi connectivity index (χ3n) is 2.46. The van der Waals surface area contributed by atoms with Crippen molar-refractivity contribution in [2.24, 2.45) is 0 Å². The normalized spacial score (nSPS) is 10.2. The molecular weight excluding hydrogens is 344 g/mol. The van der Waals surface area contributed by atoms with E-state index < -0.39 is 5.97 Å². The van der Waals surface area contributed by atoms with Crippen LogP contribution in [0.2, 0.25) is 5.02 Å². The van der Waals surface area contributed by atoms with Crippen molar-refractivity contribution in [2.45, 2.75) is 6.92 Å². The van der Waals surface area contributed by atoms with E-state index >= 15 is 0 Å². The van der Waals surface area contributed by atoms with Crippen LogP contribution < -0.4 is 9.47 Å². The van der Waals surface area contributed by atoms with E-state index in [0.717, 1.165) is 5.56 Å². The number of rotatable bonds is 4. The summed E-state index contributed by atoms with van der Waals surface area (Å²) < 4.78 is 11.2. The molecule has 104 valence electrons. The summed E-state index contributed by atoms with van der Waals surface area (Å²) in [5, 5.41) is 0.589. The Bertz CT molecular complexity index is 628. The lowest BCUT2D eigenvalue weighted by molar-refractivity contribution is -0.136. The fraction of sp³-hybridized carbons (Fsp3) is 0.133. The first-order chi connectivity index (χ1) is 9.54. The highest BCUT2D eigenvalue weighted by molar-refractivity contribution is 9.10. The van der Waals surface area contributed by atoms with Crippen LogP contribution in [-0.4, -0.2) is 12.6 Å². The zero-order valence-corrected chi connectivity index (χ0v) is 13.1. The van der Waals surface area contributed by atoms with E-state index in [2.05, 4.69) is 15.9 Å². The van der Waals surface area contributed by atoms with Crippen molar-refractivity contribution in [3.8, 4) is 11.5 Å². The minimum atomic E-state index is -0.461. The van der Waals surface area contributed by atoms with Gasteiger partial charge in [-0.2, -0.15) is 0 Å². The fourth-order valence-corrected chi connectivity index (χ4v) is 2.37. The molecule has 2 rings (SSSR count). The number of hydrogen-bond donors (Lipinski definition) is 0. The number of esters is 1. The van der Waals surface area contributed by atoms with Crippen LogP contribution in [0, 0.1) is 6.92 Å². The van der Waals surface area contributed by atoms with Crippen molar-refractivity contribution in [1.29, 1.82) is 0 Å². The highest BCUT2D eigenvalue weighted by Crippen LogP contribution is 2.27. The summed E-state index contributed by atoms with van der Waals surface area (Å²) in [6.45, 7) is 1.76. The number of benzene rings is 2. The lowest BCUT2D eigenvalue weighted by Crippen LogP contribution is -2.17. The van der Waals surface area contributed by atoms with E-state index in [1.807, 2.05) is 19.1 Å². The average Bonchev–Trinajstić information content (AvgIpc) is 2.37. The zero-order valence-electron chi connectivity index (χ0n) is 10.7. The maximum atomic E-state index is 11.7. The number of aryl methyl sites for hydroxylation is 1. The van der Waals surface area contributed by atoms with Gasteiger partial charge in [0.05, 0.1) is 4.47 Å². The topological polar surface area (TPSA) is 35.5 Å². The first-order valence-corrected chi connectivity index (χ1v) is 7.07. The number of halogens is 2. The van der Waals surface area contributed by atoms with E-state index in [-0.39, 0.29) is 6.61 Å². The Kier molecular flexibility index (Phi) is 5.04. The smallest absolute Gasteiger partial charge is 0.349 e. The Labute approximate surface area is 130 Å². The molecule has 0 spiro atoms. The molecule has 5 heteroatoms. The van der Waals surface area contributed by atoms with Gasteiger partial charge in [0.25, 0.3) is 0 Å². The van der Waals surface area contributed by atoms with Crippen LogP contribution in [0.15, 0.2) is 46.9 Å². The highest BCUT2D eigenvalue weighted by atomic mass is 79.9. The summed E-state index contributed by atoms with van der Waals surface area (Å²) in [6.07, 6.45) is 0. The van der Waals surface area contributed by atoms with E-state index in [4.69, 9.17) is 21.1 Å². The van der Waals surface area contributed by atoms with Gasteiger partial charge in [-0.1, -0.05) is 23.7 Å². The minimum Gasteiger partial charge on any atom is -0.481 e. The van der Waals surface area contributed by atoms with Crippen molar-refractivity contribution in [3.63, 3.8) is 0 Å². The Balaban J connectivity index is 1.92. The van der Waals surface area contributed by atoms with Gasteiger partial charge < -0.3 is 9.47 Å². The van der Waals surface area contributed by atoms with E-state index in [0.29, 0.717) is 21.0 Å². The molecule has 0 radical (unpaired) electrons. The third-order valence-corrected chi connectivity index (χ3v) is 3.32. The fourth-order valence-electron chi connectivity index (χ4n) is 1.57. The van der Waals surface area contributed by atoms with Gasteiger partial charge in [0.1, 0.15) is 11.5 Å². The van der Waals surface area contributed by atoms with Crippen LogP contribution in [0.25, 0.3) is 0 Å². The van der Waals surface area contributed by atoms with Gasteiger partial charge in [0, 0.05) is 5.02 Å². The van der Waals surface area contributed by atoms with Gasteiger partial charge in [-0.25, -0.2) is 4.79 Å². The highest BCUT2D eigenvalue weighted by Gasteiger charge is 2.08. The van der Waals surface area contributed by atoms with Crippen LogP contribution in [0.4, 0.5) is 0 Å². The molecule has 0 saturated carbocycles. The lowest BCUT2D eigenvalue weighted by Gasteiger charge is -2.08. The van der Waals surface area contributed by atoms with Gasteiger partial charge in [0.15, 0.2) is 6.61 Å². The summed E-state index contributed by atoms with van der Waals surface area (Å²) in [5.41, 5.74) is 1.02. The van der Waals surface area contributed by atoms with Gasteiger partial charge in [-0.05, 0) is 58.7 Å². The van der Waals surface area contributed by atoms with Gasteiger partial charge in [-0.15, -0.1) is 0 Å². The molecule has 0 N–H and O–H groups in total. The molecule has 20 heavy (non-hydrogen) atoms. The van der Waals surface area contributed by atoms with Crippen molar-refractivity contribution >= 4 is 33.5 Å². The van der Waals surface area contributed by atoms with Crippen LogP contribution >= 0.6 is 27.5 Å². The van der Waals surface area contributed by atoms with Gasteiger partial charge >= 0.3 is 5.97 Å². The molecule has 0 aliphatic carbocycles. The second-order valence-corrected chi connectivity index (χ2v) is 5.44. The molecule has 2 aromatic rings. The van der Waals surface area contributed by atoms with Crippen molar-refractivity contribution in [3.05, 3.63) is 57.5 Å². The summed E-state index contributed by atoms with van der Waals surface area (Å²) in [6, 6.07) is 12.3. The monoisotopic (exact) mass is 354 g/mol. The van der Waals surface area contributed by atoms with Crippen LogP contribution in [0.5, 0.6) is 11.5 Å². The molecule has 0 saturated heterocycles. The van der Waals surface area contributed by atoms with E-state index in [9.17, 15) is 4.79 Å². The first kappa shape index (κ1) is 14.9. The summed E-state index contributed by atoms with van der Waals surface area (Å²) in [7, 11) is 0. The van der Waals surface area contributed by atoms with E-state index in [1.54, 1.807) is 30.3 Å². The minimum absolute atomic E-state index is 0.172. The van der Waals surface area contributed by atoms with Gasteiger partial charge in [-0.3, -0.25) is 0 Å². The number of hydrogen-bond acceptors (Lipinski definition) is 3. The molecule has 0 atom stereocenters. The average molecular weight is 356 g/mol. The number of ether oxygens (including phenoxy) is 2. The Morgan fingerprint density at radius 2 is 2.05 bits per heavy atom. The molecule has 0 heterocycles. The Morgan fingerprint density at radius 1 is 1.25 bits per heavy atom. The molecule has 3 nitrogen and oxygen atoms in total. The SMILES string of the molecule is Cc1cccc(OC(=O)COc2ccc(Cl)cc2Br)c1. The van der Waals surface area contributed by atoms with Crippen molar-refractivity contribution < 1.29 is 14.3 Å². The molecule has 0 aliphatic rings. The Morgan fingerprint density at radius 3 is 2.75 bits per heavy atom. The molecule has 0 unspecified atom stereocenters. The predicted octanol–water partition coefficient (Wildman–Crippen LogP) is 4.40. The van der Waals surface area contributed by atoms with Crippen LogP contribution in [-0.2, 0) is 4.79 Å². The molecule has 0 aromatic heterocycles. The van der Waals surface area contributed by atoms with E-state index in [1.165, 1.54) is 0 Å². The van der Waals surface area contributed by atoms with Crippen LogP contribution in [0.1, 0.15) is 5.56 Å². The van der Waals surface area contributed by atoms with Crippen LogP contribution in [0.3, 0.4) is 0 Å². The second kappa shape index (κ2) is 6.77. The zero-order chi connectivity index (χ0) is 14.5. The lowest BCUT2D eigenvalue weighted by atomic mass is 10.2. The quantitative estimate of drug-likeness (QED) is 0.602. The largest absolute Gasteiger partial charge is 0.481 e. The summed E-state index contributed by atoms with van der Waals surface area (Å²) in [4.78, 5) is 11.7. The second-order valence-electron chi connectivity index (χ2n) is 4.15. The van der Waals surface area contributed by atoms with Gasteiger partial charge in [0.2, 0.25) is 0 Å².